The molecule has 3 amide bonds. The summed E-state index contributed by atoms with van der Waals surface area (Å²) in [6.07, 6.45) is 1.44. The van der Waals surface area contributed by atoms with Crippen LogP contribution in [0.2, 0.25) is 0 Å². The Bertz CT molecular complexity index is 1070. The Labute approximate surface area is 166 Å². The first-order valence-electron chi connectivity index (χ1n) is 8.87. The number of aromatic nitrogens is 3. The topological polar surface area (TPSA) is 139 Å². The average molecular weight is 393 g/mol. The fourth-order valence-electron chi connectivity index (χ4n) is 3.04. The fourth-order valence-corrected chi connectivity index (χ4v) is 3.04. The van der Waals surface area contributed by atoms with Crippen LogP contribution in [0.5, 0.6) is 0 Å². The van der Waals surface area contributed by atoms with E-state index in [0.717, 1.165) is 16.2 Å². The van der Waals surface area contributed by atoms with E-state index in [2.05, 4.69) is 25.6 Å². The van der Waals surface area contributed by atoms with Gasteiger partial charge in [-0.25, -0.2) is 4.79 Å². The molecule has 10 heteroatoms. The highest BCUT2D eigenvalue weighted by Gasteiger charge is 2.51. The molecule has 29 heavy (non-hydrogen) atoms. The van der Waals surface area contributed by atoms with Crippen LogP contribution in [-0.2, 0) is 16.9 Å². The number of hydrogen-bond acceptors (Lipinski definition) is 8. The maximum atomic E-state index is 12.9. The van der Waals surface area contributed by atoms with Gasteiger partial charge in [-0.2, -0.15) is 15.0 Å². The van der Waals surface area contributed by atoms with Gasteiger partial charge in [0.05, 0.1) is 12.8 Å². The molecule has 0 aliphatic carbocycles. The van der Waals surface area contributed by atoms with Crippen molar-refractivity contribution in [2.45, 2.75) is 25.9 Å². The molecular weight excluding hydrogens is 374 g/mol. The number of nitrogens with zero attached hydrogens (tertiary/aromatic N) is 4. The van der Waals surface area contributed by atoms with Crippen molar-refractivity contribution in [3.63, 3.8) is 0 Å². The number of nitrogens with one attached hydrogen (secondary N) is 2. The van der Waals surface area contributed by atoms with Gasteiger partial charge in [0.1, 0.15) is 5.76 Å². The van der Waals surface area contributed by atoms with Crippen LogP contribution >= 0.6 is 0 Å². The Morgan fingerprint density at radius 1 is 1.17 bits per heavy atom. The Morgan fingerprint density at radius 2 is 1.93 bits per heavy atom. The predicted octanol–water partition coefficient (Wildman–Crippen LogP) is 2.07. The number of nitrogens with two attached hydrogens (primary N) is 1. The predicted molar refractivity (Wildman–Crippen MR) is 104 cm³/mol. The fraction of sp³-hybridized carbons (Fsp3) is 0.211. The minimum Gasteiger partial charge on any atom is -0.466 e. The Balaban J connectivity index is 1.56. The van der Waals surface area contributed by atoms with Gasteiger partial charge in [0.25, 0.3) is 5.91 Å². The Morgan fingerprint density at radius 3 is 2.62 bits per heavy atom. The highest BCUT2D eigenvalue weighted by Crippen LogP contribution is 2.29. The SMILES string of the molecule is Cc1ccc(Nc2nc(N)nc(CN3C(=O)NC(C)(c4ccco4)C3=O)n2)cc1. The monoisotopic (exact) mass is 393 g/mol. The number of anilines is 3. The minimum absolute atomic E-state index is 0.0227. The largest absolute Gasteiger partial charge is 0.466 e. The second-order valence-electron chi connectivity index (χ2n) is 6.85. The van der Waals surface area contributed by atoms with E-state index in [9.17, 15) is 9.59 Å². The van der Waals surface area contributed by atoms with Crippen molar-refractivity contribution < 1.29 is 14.0 Å². The lowest BCUT2D eigenvalue weighted by Crippen LogP contribution is -2.40. The number of nitrogen functional groups attached to an aromatic ring is 1. The molecule has 148 valence electrons. The molecule has 0 saturated carbocycles. The molecular formula is C19H19N7O3. The quantitative estimate of drug-likeness (QED) is 0.560. The summed E-state index contributed by atoms with van der Waals surface area (Å²) in [6, 6.07) is 10.3. The van der Waals surface area contributed by atoms with Gasteiger partial charge in [-0.3, -0.25) is 9.69 Å². The second-order valence-corrected chi connectivity index (χ2v) is 6.85. The number of rotatable bonds is 5. The Kier molecular flexibility index (Phi) is 4.38. The van der Waals surface area contributed by atoms with Gasteiger partial charge >= 0.3 is 6.03 Å². The molecule has 0 radical (unpaired) electrons. The average Bonchev–Trinajstić information content (AvgIpc) is 3.28. The van der Waals surface area contributed by atoms with E-state index >= 15 is 0 Å². The molecule has 10 nitrogen and oxygen atoms in total. The van der Waals surface area contributed by atoms with Crippen LogP contribution in [0.15, 0.2) is 47.1 Å². The van der Waals surface area contributed by atoms with Crippen molar-refractivity contribution in [3.8, 4) is 0 Å². The van der Waals surface area contributed by atoms with Crippen LogP contribution in [0, 0.1) is 6.92 Å². The number of aryl methyl sites for hydroxylation is 1. The number of carbonyl (C=O) groups excluding carboxylic acids is 2. The first-order valence-corrected chi connectivity index (χ1v) is 8.87. The summed E-state index contributed by atoms with van der Waals surface area (Å²) in [6.45, 7) is 3.41. The van der Waals surface area contributed by atoms with E-state index in [4.69, 9.17) is 10.2 Å². The molecule has 1 aliphatic rings. The lowest BCUT2D eigenvalue weighted by molar-refractivity contribution is -0.132. The molecule has 1 saturated heterocycles. The summed E-state index contributed by atoms with van der Waals surface area (Å²) in [5.41, 5.74) is 6.39. The smallest absolute Gasteiger partial charge is 0.325 e. The van der Waals surface area contributed by atoms with Gasteiger partial charge in [-0.1, -0.05) is 17.7 Å². The number of carbonyl (C=O) groups is 2. The van der Waals surface area contributed by atoms with E-state index in [1.54, 1.807) is 19.1 Å². The summed E-state index contributed by atoms with van der Waals surface area (Å²) in [5.74, 6) is 0.252. The minimum atomic E-state index is -1.29. The molecule has 0 spiro atoms. The van der Waals surface area contributed by atoms with Crippen molar-refractivity contribution in [2.24, 2.45) is 0 Å². The number of benzene rings is 1. The zero-order valence-electron chi connectivity index (χ0n) is 15.8. The molecule has 1 fully saturated rings. The lowest BCUT2D eigenvalue weighted by atomic mass is 9.99. The molecule has 1 aliphatic heterocycles. The number of amides is 3. The summed E-state index contributed by atoms with van der Waals surface area (Å²) in [7, 11) is 0. The number of urea groups is 1. The van der Waals surface area contributed by atoms with Crippen LogP contribution in [-0.4, -0.2) is 31.8 Å². The van der Waals surface area contributed by atoms with Gasteiger partial charge in [0.15, 0.2) is 11.4 Å². The third kappa shape index (κ3) is 3.47. The van der Waals surface area contributed by atoms with Crippen LogP contribution in [0.25, 0.3) is 0 Å². The normalized spacial score (nSPS) is 18.8. The van der Waals surface area contributed by atoms with Crippen LogP contribution in [0.1, 0.15) is 24.1 Å². The summed E-state index contributed by atoms with van der Waals surface area (Å²) < 4.78 is 5.32. The van der Waals surface area contributed by atoms with E-state index in [1.165, 1.54) is 6.26 Å². The number of furan rings is 1. The highest BCUT2D eigenvalue weighted by molar-refractivity contribution is 6.06. The maximum absolute atomic E-state index is 12.9. The zero-order valence-corrected chi connectivity index (χ0v) is 15.8. The molecule has 4 rings (SSSR count). The van der Waals surface area contributed by atoms with Gasteiger partial charge in [-0.05, 0) is 38.1 Å². The molecule has 0 bridgehead atoms. The van der Waals surface area contributed by atoms with Crippen LogP contribution < -0.4 is 16.4 Å². The zero-order chi connectivity index (χ0) is 20.6. The maximum Gasteiger partial charge on any atom is 0.325 e. The van der Waals surface area contributed by atoms with Crippen molar-refractivity contribution >= 4 is 29.5 Å². The third-order valence-corrected chi connectivity index (χ3v) is 4.60. The van der Waals surface area contributed by atoms with E-state index < -0.39 is 17.5 Å². The van der Waals surface area contributed by atoms with Crippen LogP contribution in [0.4, 0.5) is 22.4 Å². The lowest BCUT2D eigenvalue weighted by Gasteiger charge is -2.18. The third-order valence-electron chi connectivity index (χ3n) is 4.60. The molecule has 3 heterocycles. The standard InChI is InChI=1S/C19H19N7O3/c1-11-5-7-12(8-6-11)21-17-23-14(22-16(20)24-17)10-26-15(27)19(2,25-18(26)28)13-4-3-9-29-13/h3-9H,10H2,1-2H3,(H,25,28)(H3,20,21,22,23,24). The van der Waals surface area contributed by atoms with E-state index in [-0.39, 0.29) is 24.3 Å². The van der Waals surface area contributed by atoms with Gasteiger partial charge in [0.2, 0.25) is 11.9 Å². The van der Waals surface area contributed by atoms with Gasteiger partial charge in [0, 0.05) is 5.69 Å². The second kappa shape index (κ2) is 6.89. The van der Waals surface area contributed by atoms with Crippen LogP contribution in [0.3, 0.4) is 0 Å². The van der Waals surface area contributed by atoms with Crippen molar-refractivity contribution in [1.29, 1.82) is 0 Å². The summed E-state index contributed by atoms with van der Waals surface area (Å²) in [4.78, 5) is 38.7. The summed E-state index contributed by atoms with van der Waals surface area (Å²) in [5, 5.41) is 5.69. The number of hydrogen-bond donors (Lipinski definition) is 3. The van der Waals surface area contributed by atoms with Crippen molar-refractivity contribution in [3.05, 3.63) is 59.8 Å². The van der Waals surface area contributed by atoms with E-state index in [0.29, 0.717) is 5.76 Å². The molecule has 3 aromatic rings. The highest BCUT2D eigenvalue weighted by atomic mass is 16.3. The first kappa shape index (κ1) is 18.4. The molecule has 1 aromatic carbocycles. The molecule has 1 atom stereocenters. The molecule has 1 unspecified atom stereocenters. The Hall–Kier alpha value is -3.95. The first-order chi connectivity index (χ1) is 13.8. The van der Waals surface area contributed by atoms with Crippen molar-refractivity contribution in [1.82, 2.24) is 25.2 Å². The molecule has 2 aromatic heterocycles. The van der Waals surface area contributed by atoms with Gasteiger partial charge in [-0.15, -0.1) is 0 Å². The number of imide groups is 1. The van der Waals surface area contributed by atoms with Crippen molar-refractivity contribution in [2.75, 3.05) is 11.1 Å². The molecule has 4 N–H and O–H groups in total. The summed E-state index contributed by atoms with van der Waals surface area (Å²) >= 11 is 0. The van der Waals surface area contributed by atoms with E-state index in [1.807, 2.05) is 31.2 Å². The van der Waals surface area contributed by atoms with Gasteiger partial charge < -0.3 is 20.8 Å².